The summed E-state index contributed by atoms with van der Waals surface area (Å²) >= 11 is 1.36. The second-order valence-corrected chi connectivity index (χ2v) is 14.9. The summed E-state index contributed by atoms with van der Waals surface area (Å²) in [6.07, 6.45) is 2.46. The van der Waals surface area contributed by atoms with Gasteiger partial charge in [-0.05, 0) is 80.6 Å². The molecule has 0 radical (unpaired) electrons. The number of carbonyl (C=O) groups is 3. The fourth-order valence-corrected chi connectivity index (χ4v) is 8.02. The van der Waals surface area contributed by atoms with Crippen LogP contribution in [-0.4, -0.2) is 57.9 Å². The highest BCUT2D eigenvalue weighted by Crippen LogP contribution is 2.46. The highest BCUT2D eigenvalue weighted by molar-refractivity contribution is 7.20. The number of hydrogen-bond donors (Lipinski definition) is 3. The van der Waals surface area contributed by atoms with Crippen LogP contribution in [0.4, 0.5) is 18.9 Å². The monoisotopic (exact) mass is 747 g/mol. The van der Waals surface area contributed by atoms with E-state index >= 15 is 0 Å². The number of nitrogens with zero attached hydrogens (tertiary/aromatic N) is 2. The van der Waals surface area contributed by atoms with Crippen LogP contribution >= 0.6 is 11.3 Å². The molecule has 1 aliphatic carbocycles. The standard InChI is InChI=1S/C39H40F3N5O5S/c1-24-17-18-30-33(19-24)53-37(44-30)51-29-21-32-34(48)45-38(36(50)46-52-28-14-7-5-8-15-28)22-26(38)11-6-3-2-4-9-16-31(35(49)47(32)23-29)43-27-13-10-12-25(20-27)39(40,41)42/h5-8,10-15,17-20,26,29,31-32,43H,2-4,9,16,21-23H2,1H3,(H,45,48)(H,46,50)/t26-,29-,31+,32+,38-/m1/s1. The van der Waals surface area contributed by atoms with Crippen LogP contribution in [0, 0.1) is 12.8 Å². The summed E-state index contributed by atoms with van der Waals surface area (Å²) in [5.74, 6) is -1.38. The number of aryl methyl sites for hydroxylation is 1. The Morgan fingerprint density at radius 1 is 1.04 bits per heavy atom. The minimum absolute atomic E-state index is 0.0340. The largest absolute Gasteiger partial charge is 0.465 e. The Morgan fingerprint density at radius 3 is 2.68 bits per heavy atom. The molecule has 53 heavy (non-hydrogen) atoms. The third-order valence-corrected chi connectivity index (χ3v) is 10.9. The molecule has 0 spiro atoms. The number of nitrogens with one attached hydrogen (secondary N) is 3. The SMILES string of the molecule is Cc1ccc2nc(O[C@@H]3C[C@H]4C(=O)N[C@]5(C(=O)NOc6ccccc6)C[C@H]5C=CCCCCC[C@H](Nc5cccc(C(F)(F)F)c5)C(=O)N4C3)sc2c1. The van der Waals surface area contributed by atoms with Crippen molar-refractivity contribution in [3.63, 3.8) is 0 Å². The van der Waals surface area contributed by atoms with Crippen molar-refractivity contribution >= 4 is 45.0 Å². The number of carbonyl (C=O) groups excluding carboxylic acids is 3. The Morgan fingerprint density at radius 2 is 1.87 bits per heavy atom. The Bertz CT molecular complexity index is 2010. The number of amides is 3. The van der Waals surface area contributed by atoms with E-state index in [-0.39, 0.29) is 24.6 Å². The summed E-state index contributed by atoms with van der Waals surface area (Å²) < 4.78 is 48.1. The number of anilines is 1. The summed E-state index contributed by atoms with van der Waals surface area (Å²) in [5, 5.41) is 6.43. The third kappa shape index (κ3) is 8.27. The van der Waals surface area contributed by atoms with Gasteiger partial charge in [0.15, 0.2) is 5.75 Å². The maximum Gasteiger partial charge on any atom is 0.416 e. The van der Waals surface area contributed by atoms with Crippen LogP contribution in [-0.2, 0) is 20.6 Å². The van der Waals surface area contributed by atoms with Gasteiger partial charge in [0.1, 0.15) is 23.7 Å². The highest BCUT2D eigenvalue weighted by atomic mass is 32.1. The van der Waals surface area contributed by atoms with Crippen LogP contribution < -0.4 is 25.7 Å². The molecule has 4 aromatic rings. The molecule has 3 heterocycles. The van der Waals surface area contributed by atoms with Gasteiger partial charge in [-0.3, -0.25) is 14.4 Å². The normalized spacial score (nSPS) is 25.0. The topological polar surface area (TPSA) is 122 Å². The molecule has 2 aliphatic heterocycles. The summed E-state index contributed by atoms with van der Waals surface area (Å²) in [4.78, 5) is 54.2. The number of halogens is 3. The van der Waals surface area contributed by atoms with E-state index in [0.717, 1.165) is 47.2 Å². The number of alkyl halides is 3. The summed E-state index contributed by atoms with van der Waals surface area (Å²) in [6, 6.07) is 17.4. The van der Waals surface area contributed by atoms with E-state index < -0.39 is 53.2 Å². The number of fused-ring (bicyclic) bond motifs is 3. The van der Waals surface area contributed by atoms with E-state index in [4.69, 9.17) is 9.57 Å². The molecule has 3 aliphatic rings. The summed E-state index contributed by atoms with van der Waals surface area (Å²) in [7, 11) is 0. The van der Waals surface area contributed by atoms with Gasteiger partial charge >= 0.3 is 6.18 Å². The Hall–Kier alpha value is -5.11. The molecular formula is C39H40F3N5O5S. The molecule has 2 fully saturated rings. The second kappa shape index (κ2) is 15.1. The number of ether oxygens (including phenoxy) is 1. The molecule has 3 aromatic carbocycles. The van der Waals surface area contributed by atoms with Crippen molar-refractivity contribution in [2.45, 2.75) is 81.8 Å². The molecule has 3 amide bonds. The zero-order valence-electron chi connectivity index (χ0n) is 29.0. The number of hydroxylamine groups is 1. The number of para-hydroxylation sites is 1. The first-order chi connectivity index (χ1) is 25.5. The van der Waals surface area contributed by atoms with Crippen molar-refractivity contribution in [3.05, 3.63) is 96.1 Å². The maximum atomic E-state index is 14.5. The predicted octanol–water partition coefficient (Wildman–Crippen LogP) is 6.96. The molecular weight excluding hydrogens is 708 g/mol. The number of rotatable bonds is 7. The second-order valence-electron chi connectivity index (χ2n) is 13.9. The average molecular weight is 748 g/mol. The number of hydrogen-bond acceptors (Lipinski definition) is 8. The van der Waals surface area contributed by atoms with E-state index in [2.05, 4.69) is 21.1 Å². The zero-order chi connectivity index (χ0) is 37.2. The molecule has 1 saturated carbocycles. The molecule has 1 saturated heterocycles. The number of thiazole rings is 1. The van der Waals surface area contributed by atoms with Crippen LogP contribution in [0.5, 0.6) is 10.9 Å². The lowest BCUT2D eigenvalue weighted by molar-refractivity contribution is -0.141. The zero-order valence-corrected chi connectivity index (χ0v) is 29.8. The molecule has 5 atom stereocenters. The average Bonchev–Trinajstić information content (AvgIpc) is 3.44. The fourth-order valence-electron chi connectivity index (χ4n) is 7.04. The van der Waals surface area contributed by atoms with Crippen LogP contribution in [0.1, 0.15) is 56.1 Å². The van der Waals surface area contributed by atoms with Gasteiger partial charge in [-0.25, -0.2) is 4.98 Å². The van der Waals surface area contributed by atoms with Crippen molar-refractivity contribution < 1.29 is 37.1 Å². The van der Waals surface area contributed by atoms with E-state index in [9.17, 15) is 27.6 Å². The van der Waals surface area contributed by atoms with Gasteiger partial charge in [0, 0.05) is 18.0 Å². The lowest BCUT2D eigenvalue weighted by Gasteiger charge is -2.30. The molecule has 7 rings (SSSR count). The van der Waals surface area contributed by atoms with Gasteiger partial charge < -0.3 is 25.1 Å². The first-order valence-electron chi connectivity index (χ1n) is 17.8. The lowest BCUT2D eigenvalue weighted by Crippen LogP contribution is -2.57. The van der Waals surface area contributed by atoms with Gasteiger partial charge in [0.05, 0.1) is 22.3 Å². The molecule has 14 heteroatoms. The van der Waals surface area contributed by atoms with Crippen molar-refractivity contribution in [1.82, 2.24) is 20.7 Å². The number of aromatic nitrogens is 1. The van der Waals surface area contributed by atoms with Gasteiger partial charge in [0.25, 0.3) is 11.1 Å². The van der Waals surface area contributed by atoms with Gasteiger partial charge in [0.2, 0.25) is 11.8 Å². The number of allylic oxidation sites excluding steroid dienone is 1. The summed E-state index contributed by atoms with van der Waals surface area (Å²) in [6.45, 7) is 2.02. The minimum Gasteiger partial charge on any atom is -0.465 e. The lowest BCUT2D eigenvalue weighted by atomic mass is 10.0. The van der Waals surface area contributed by atoms with Crippen LogP contribution in [0.25, 0.3) is 10.2 Å². The maximum absolute atomic E-state index is 14.5. The molecule has 3 N–H and O–H groups in total. The van der Waals surface area contributed by atoms with E-state index in [1.165, 1.54) is 28.4 Å². The fraction of sp³-hybridized carbons (Fsp3) is 0.385. The smallest absolute Gasteiger partial charge is 0.416 e. The molecule has 0 unspecified atom stereocenters. The first-order valence-corrected chi connectivity index (χ1v) is 18.6. The van der Waals surface area contributed by atoms with Crippen molar-refractivity contribution in [2.24, 2.45) is 5.92 Å². The van der Waals surface area contributed by atoms with Crippen molar-refractivity contribution in [3.8, 4) is 10.9 Å². The minimum atomic E-state index is -4.56. The summed E-state index contributed by atoms with van der Waals surface area (Å²) in [5.41, 5.74) is 2.34. The Labute approximate surface area is 308 Å². The van der Waals surface area contributed by atoms with Crippen molar-refractivity contribution in [2.75, 3.05) is 11.9 Å². The van der Waals surface area contributed by atoms with Crippen LogP contribution in [0.15, 0.2) is 84.9 Å². The van der Waals surface area contributed by atoms with Crippen LogP contribution in [0.2, 0.25) is 0 Å². The third-order valence-electron chi connectivity index (χ3n) is 9.97. The predicted molar refractivity (Wildman–Crippen MR) is 194 cm³/mol. The van der Waals surface area contributed by atoms with Gasteiger partial charge in [-0.15, -0.1) is 0 Å². The molecule has 278 valence electrons. The molecule has 10 nitrogen and oxygen atoms in total. The molecule has 1 aromatic heterocycles. The first kappa shape index (κ1) is 36.3. The quantitative estimate of drug-likeness (QED) is 0.138. The van der Waals surface area contributed by atoms with E-state index in [1.54, 1.807) is 24.3 Å². The van der Waals surface area contributed by atoms with Crippen LogP contribution in [0.3, 0.4) is 0 Å². The van der Waals surface area contributed by atoms with E-state index in [1.807, 2.05) is 43.3 Å². The Kier molecular flexibility index (Phi) is 10.3. The Balaban J connectivity index is 1.17. The van der Waals surface area contributed by atoms with E-state index in [0.29, 0.717) is 30.2 Å². The van der Waals surface area contributed by atoms with Gasteiger partial charge in [-0.2, -0.15) is 18.7 Å². The van der Waals surface area contributed by atoms with Gasteiger partial charge in [-0.1, -0.05) is 66.7 Å². The number of benzene rings is 3. The van der Waals surface area contributed by atoms with Crippen molar-refractivity contribution in [1.29, 1.82) is 0 Å². The molecule has 0 bridgehead atoms. The highest BCUT2D eigenvalue weighted by Gasteiger charge is 2.61.